The Morgan fingerprint density at radius 2 is 2.33 bits per heavy atom. The Morgan fingerprint density at radius 3 is 2.80 bits per heavy atom. The molecule has 0 spiro atoms. The van der Waals surface area contributed by atoms with Gasteiger partial charge >= 0.3 is 0 Å². The topological polar surface area (TPSA) is 60.1 Å². The Labute approximate surface area is 89.8 Å². The second-order valence-corrected chi connectivity index (χ2v) is 3.45. The van der Waals surface area contributed by atoms with Gasteiger partial charge < -0.3 is 10.0 Å². The highest BCUT2D eigenvalue weighted by Crippen LogP contribution is 2.15. The van der Waals surface area contributed by atoms with Crippen molar-refractivity contribution in [3.63, 3.8) is 0 Å². The van der Waals surface area contributed by atoms with Crippen molar-refractivity contribution in [1.29, 1.82) is 5.26 Å². The normalized spacial score (nSPS) is 11.9. The van der Waals surface area contributed by atoms with Gasteiger partial charge in [-0.3, -0.25) is 4.98 Å². The maximum atomic E-state index is 9.28. The second kappa shape index (κ2) is 5.32. The van der Waals surface area contributed by atoms with Gasteiger partial charge in [0.05, 0.1) is 36.2 Å². The fourth-order valence-electron chi connectivity index (χ4n) is 1.22. The van der Waals surface area contributed by atoms with Crippen LogP contribution in [0.4, 0.5) is 5.69 Å². The van der Waals surface area contributed by atoms with Crippen molar-refractivity contribution in [3.05, 3.63) is 24.0 Å². The van der Waals surface area contributed by atoms with E-state index >= 15 is 0 Å². The van der Waals surface area contributed by atoms with Gasteiger partial charge in [0.1, 0.15) is 0 Å². The molecule has 0 unspecified atom stereocenters. The number of aliphatic hydroxyl groups is 1. The predicted molar refractivity (Wildman–Crippen MR) is 58.4 cm³/mol. The zero-order valence-electron chi connectivity index (χ0n) is 9.01. The van der Waals surface area contributed by atoms with Crippen LogP contribution >= 0.6 is 0 Å². The van der Waals surface area contributed by atoms with Gasteiger partial charge in [0.2, 0.25) is 0 Å². The summed E-state index contributed by atoms with van der Waals surface area (Å²) in [6.07, 6.45) is 1.66. The van der Waals surface area contributed by atoms with E-state index in [0.29, 0.717) is 18.7 Å². The van der Waals surface area contributed by atoms with Gasteiger partial charge in [-0.15, -0.1) is 0 Å². The number of hydrogen-bond acceptors (Lipinski definition) is 4. The van der Waals surface area contributed by atoms with Crippen LogP contribution in [0.1, 0.15) is 25.1 Å². The van der Waals surface area contributed by atoms with E-state index in [-0.39, 0.29) is 0 Å². The lowest BCUT2D eigenvalue weighted by molar-refractivity contribution is 0.194. The molecule has 1 heterocycles. The molecule has 0 aromatic carbocycles. The molecule has 0 saturated heterocycles. The molecule has 0 aliphatic rings. The van der Waals surface area contributed by atoms with Crippen LogP contribution in [0.5, 0.6) is 0 Å². The Morgan fingerprint density at radius 1 is 1.60 bits per heavy atom. The van der Waals surface area contributed by atoms with Gasteiger partial charge in [-0.1, -0.05) is 0 Å². The minimum Gasteiger partial charge on any atom is -0.387 e. The Bertz CT molecular complexity index is 340. The molecule has 1 rings (SSSR count). The molecule has 1 atom stereocenters. The Balaban J connectivity index is 2.67. The van der Waals surface area contributed by atoms with E-state index in [1.807, 2.05) is 18.0 Å². The molecule has 0 radical (unpaired) electrons. The molecule has 1 aromatic heterocycles. The summed E-state index contributed by atoms with van der Waals surface area (Å²) >= 11 is 0. The van der Waals surface area contributed by atoms with Crippen LogP contribution in [-0.2, 0) is 0 Å². The zero-order valence-corrected chi connectivity index (χ0v) is 9.01. The quantitative estimate of drug-likeness (QED) is 0.808. The summed E-state index contributed by atoms with van der Waals surface area (Å²) in [7, 11) is 1.91. The molecule has 80 valence electrons. The number of pyridine rings is 1. The smallest absolute Gasteiger partial charge is 0.0931 e. The van der Waals surface area contributed by atoms with E-state index in [1.54, 1.807) is 19.2 Å². The summed E-state index contributed by atoms with van der Waals surface area (Å²) in [5.41, 5.74) is 1.61. The van der Waals surface area contributed by atoms with Gasteiger partial charge in [-0.05, 0) is 19.1 Å². The van der Waals surface area contributed by atoms with E-state index in [0.717, 1.165) is 5.69 Å². The average molecular weight is 205 g/mol. The fourth-order valence-corrected chi connectivity index (χ4v) is 1.22. The molecule has 15 heavy (non-hydrogen) atoms. The van der Waals surface area contributed by atoms with Gasteiger partial charge in [-0.2, -0.15) is 5.26 Å². The van der Waals surface area contributed by atoms with Crippen LogP contribution in [0.25, 0.3) is 0 Å². The number of aliphatic hydroxyl groups excluding tert-OH is 1. The van der Waals surface area contributed by atoms with Crippen LogP contribution in [0.2, 0.25) is 0 Å². The van der Waals surface area contributed by atoms with Gasteiger partial charge in [0, 0.05) is 13.6 Å². The van der Waals surface area contributed by atoms with E-state index in [9.17, 15) is 5.11 Å². The first-order valence-electron chi connectivity index (χ1n) is 4.87. The average Bonchev–Trinajstić information content (AvgIpc) is 2.26. The number of nitrogens with zero attached hydrogens (tertiary/aromatic N) is 3. The molecule has 4 nitrogen and oxygen atoms in total. The first-order valence-corrected chi connectivity index (χ1v) is 4.87. The van der Waals surface area contributed by atoms with Crippen molar-refractivity contribution in [3.8, 4) is 6.07 Å². The zero-order chi connectivity index (χ0) is 11.3. The summed E-state index contributed by atoms with van der Waals surface area (Å²) in [5, 5.41) is 17.7. The molecule has 1 N–H and O–H groups in total. The second-order valence-electron chi connectivity index (χ2n) is 3.45. The van der Waals surface area contributed by atoms with Crippen molar-refractivity contribution in [1.82, 2.24) is 4.98 Å². The number of rotatable bonds is 4. The van der Waals surface area contributed by atoms with Gasteiger partial charge in [-0.25, -0.2) is 0 Å². The van der Waals surface area contributed by atoms with Crippen LogP contribution in [0.15, 0.2) is 18.3 Å². The third-order valence-corrected chi connectivity index (χ3v) is 2.20. The molecule has 0 aliphatic heterocycles. The number of nitriles is 1. The molecule has 1 aromatic rings. The summed E-state index contributed by atoms with van der Waals surface area (Å²) in [6, 6.07) is 5.79. The van der Waals surface area contributed by atoms with Crippen molar-refractivity contribution in [2.45, 2.75) is 19.4 Å². The molecule has 0 saturated carbocycles. The van der Waals surface area contributed by atoms with Crippen LogP contribution in [0.3, 0.4) is 0 Å². The van der Waals surface area contributed by atoms with Crippen LogP contribution in [0, 0.1) is 11.3 Å². The lowest BCUT2D eigenvalue weighted by atomic mass is 10.2. The Hall–Kier alpha value is -1.60. The molecule has 0 fully saturated rings. The molecular formula is C11H15N3O. The number of anilines is 1. The van der Waals surface area contributed by atoms with E-state index in [2.05, 4.69) is 11.1 Å². The van der Waals surface area contributed by atoms with Crippen LogP contribution in [-0.4, -0.2) is 23.7 Å². The van der Waals surface area contributed by atoms with Gasteiger partial charge in [0.25, 0.3) is 0 Å². The third-order valence-electron chi connectivity index (χ3n) is 2.20. The number of aromatic nitrogens is 1. The minimum atomic E-state index is -0.538. The highest BCUT2D eigenvalue weighted by atomic mass is 16.3. The van der Waals surface area contributed by atoms with E-state index in [4.69, 9.17) is 5.26 Å². The monoisotopic (exact) mass is 205 g/mol. The van der Waals surface area contributed by atoms with Crippen molar-refractivity contribution >= 4 is 5.69 Å². The lowest BCUT2D eigenvalue weighted by Gasteiger charge is -2.17. The van der Waals surface area contributed by atoms with Gasteiger partial charge in [0.15, 0.2) is 0 Å². The summed E-state index contributed by atoms with van der Waals surface area (Å²) in [4.78, 5) is 6.09. The molecule has 0 amide bonds. The summed E-state index contributed by atoms with van der Waals surface area (Å²) in [5.74, 6) is 0. The first-order chi connectivity index (χ1) is 7.15. The standard InChI is InChI=1S/C11H15N3O/c1-9(15)11-5-4-10(8-13-11)14(2)7-3-6-12/h4-5,8-9,15H,3,7H2,1-2H3/t9-/m1/s1. The minimum absolute atomic E-state index is 0.495. The maximum Gasteiger partial charge on any atom is 0.0931 e. The highest BCUT2D eigenvalue weighted by molar-refractivity contribution is 5.43. The first kappa shape index (κ1) is 11.5. The summed E-state index contributed by atoms with van der Waals surface area (Å²) < 4.78 is 0. The third kappa shape index (κ3) is 3.22. The predicted octanol–water partition coefficient (Wildman–Crippen LogP) is 1.48. The fraction of sp³-hybridized carbons (Fsp3) is 0.455. The summed E-state index contributed by atoms with van der Waals surface area (Å²) in [6.45, 7) is 2.37. The van der Waals surface area contributed by atoms with Crippen molar-refractivity contribution in [2.24, 2.45) is 0 Å². The lowest BCUT2D eigenvalue weighted by Crippen LogP contribution is -2.18. The largest absolute Gasteiger partial charge is 0.387 e. The number of hydrogen-bond donors (Lipinski definition) is 1. The Kier molecular flexibility index (Phi) is 4.07. The van der Waals surface area contributed by atoms with Crippen molar-refractivity contribution < 1.29 is 5.11 Å². The van der Waals surface area contributed by atoms with E-state index in [1.165, 1.54) is 0 Å². The molecule has 0 bridgehead atoms. The maximum absolute atomic E-state index is 9.28. The highest BCUT2D eigenvalue weighted by Gasteiger charge is 2.04. The molecule has 0 aliphatic carbocycles. The molecule has 4 heteroatoms. The molecular weight excluding hydrogens is 190 g/mol. The van der Waals surface area contributed by atoms with Crippen LogP contribution < -0.4 is 4.90 Å². The van der Waals surface area contributed by atoms with E-state index < -0.39 is 6.10 Å². The van der Waals surface area contributed by atoms with Crippen molar-refractivity contribution in [2.75, 3.05) is 18.5 Å². The SMILES string of the molecule is C[C@@H](O)c1ccc(N(C)CCC#N)cn1.